The number of benzene rings is 2. The molecule has 1 saturated carbocycles. The molecule has 0 aromatic heterocycles. The Bertz CT molecular complexity index is 1370. The fourth-order valence-corrected chi connectivity index (χ4v) is 8.00. The van der Waals surface area contributed by atoms with Crippen LogP contribution in [-0.2, 0) is 30.6 Å². The second-order valence-corrected chi connectivity index (χ2v) is 12.8. The van der Waals surface area contributed by atoms with Crippen molar-refractivity contribution in [2.24, 2.45) is 5.10 Å². The fraction of sp³-hybridized carbons (Fsp3) is 0.300. The number of hydrazone groups is 1. The van der Waals surface area contributed by atoms with E-state index in [1.54, 1.807) is 0 Å². The minimum atomic E-state index is -4.53. The highest BCUT2D eigenvalue weighted by atomic mass is 35.5. The summed E-state index contributed by atoms with van der Waals surface area (Å²) in [4.78, 5) is 12.2. The highest BCUT2D eigenvalue weighted by Gasteiger charge is 2.39. The Kier molecular flexibility index (Phi) is 5.82. The summed E-state index contributed by atoms with van der Waals surface area (Å²) < 4.78 is 88.0. The van der Waals surface area contributed by atoms with E-state index in [2.05, 4.69) is 5.10 Å². The summed E-state index contributed by atoms with van der Waals surface area (Å²) in [5, 5.41) is 3.43. The van der Waals surface area contributed by atoms with Crippen LogP contribution >= 0.6 is 11.6 Å². The molecule has 176 valence electrons. The van der Waals surface area contributed by atoms with E-state index in [-0.39, 0.29) is 33.3 Å². The minimum Gasteiger partial charge on any atom is -0.272 e. The maximum absolute atomic E-state index is 12.8. The van der Waals surface area contributed by atoms with Gasteiger partial charge in [0.2, 0.25) is 0 Å². The zero-order valence-electron chi connectivity index (χ0n) is 16.7. The van der Waals surface area contributed by atoms with E-state index in [0.29, 0.717) is 12.8 Å². The van der Waals surface area contributed by atoms with Crippen LogP contribution in [0.3, 0.4) is 0 Å². The average molecular weight is 521 g/mol. The Morgan fingerprint density at radius 2 is 1.67 bits per heavy atom. The van der Waals surface area contributed by atoms with E-state index in [9.17, 15) is 34.8 Å². The Labute approximate surface area is 192 Å². The lowest BCUT2D eigenvalue weighted by atomic mass is 10.1. The highest BCUT2D eigenvalue weighted by Crippen LogP contribution is 2.34. The van der Waals surface area contributed by atoms with Crippen molar-refractivity contribution in [2.75, 3.05) is 10.1 Å². The molecule has 1 aliphatic heterocycles. The maximum Gasteiger partial charge on any atom is 0.416 e. The number of hydrogen-bond acceptors (Lipinski definition) is 6. The molecule has 7 nitrogen and oxygen atoms in total. The number of anilines is 1. The third-order valence-electron chi connectivity index (χ3n) is 5.17. The monoisotopic (exact) mass is 520 g/mol. The largest absolute Gasteiger partial charge is 0.416 e. The number of sulfone groups is 2. The zero-order valence-corrected chi connectivity index (χ0v) is 19.1. The minimum absolute atomic E-state index is 0.0832. The number of nitrogens with zero attached hydrogens (tertiary/aromatic N) is 2. The summed E-state index contributed by atoms with van der Waals surface area (Å²) >= 11 is 6.18. The van der Waals surface area contributed by atoms with Crippen molar-refractivity contribution in [2.45, 2.75) is 35.6 Å². The molecule has 1 heterocycles. The molecule has 0 N–H and O–H groups in total. The van der Waals surface area contributed by atoms with Gasteiger partial charge in [-0.3, -0.25) is 4.79 Å². The van der Waals surface area contributed by atoms with Gasteiger partial charge in [-0.05, 0) is 55.3 Å². The molecule has 2 aromatic rings. The van der Waals surface area contributed by atoms with Gasteiger partial charge in [0.1, 0.15) is 0 Å². The van der Waals surface area contributed by atoms with Crippen LogP contribution in [0.1, 0.15) is 30.4 Å². The second-order valence-electron chi connectivity index (χ2n) is 7.71. The van der Waals surface area contributed by atoms with Gasteiger partial charge >= 0.3 is 6.18 Å². The normalized spacial score (nSPS) is 17.4. The van der Waals surface area contributed by atoms with Gasteiger partial charge < -0.3 is 0 Å². The molecule has 1 fully saturated rings. The van der Waals surface area contributed by atoms with Gasteiger partial charge in [0.05, 0.1) is 33.5 Å². The molecular weight excluding hydrogens is 505 g/mol. The topological polar surface area (TPSA) is 101 Å². The van der Waals surface area contributed by atoms with Crippen LogP contribution in [0, 0.1) is 0 Å². The highest BCUT2D eigenvalue weighted by molar-refractivity contribution is 8.08. The molecule has 1 amide bonds. The third kappa shape index (κ3) is 4.92. The van der Waals surface area contributed by atoms with E-state index < -0.39 is 47.7 Å². The molecule has 0 saturated heterocycles. The van der Waals surface area contributed by atoms with Gasteiger partial charge in [0.15, 0.2) is 24.8 Å². The molecule has 0 atom stereocenters. The summed E-state index contributed by atoms with van der Waals surface area (Å²) in [5.74, 6) is -0.551. The van der Waals surface area contributed by atoms with Gasteiger partial charge in [-0.25, -0.2) is 21.8 Å². The van der Waals surface area contributed by atoms with E-state index in [0.717, 1.165) is 35.3 Å². The van der Waals surface area contributed by atoms with E-state index >= 15 is 0 Å². The van der Waals surface area contributed by atoms with Gasteiger partial charge in [-0.15, -0.1) is 0 Å². The van der Waals surface area contributed by atoms with Crippen LogP contribution in [0.4, 0.5) is 18.9 Å². The molecular formula is C20H16ClF3N2O5S2. The second kappa shape index (κ2) is 8.10. The number of rotatable bonds is 6. The molecule has 0 spiro atoms. The molecule has 13 heteroatoms. The van der Waals surface area contributed by atoms with Crippen molar-refractivity contribution in [1.82, 2.24) is 0 Å². The Morgan fingerprint density at radius 3 is 2.24 bits per heavy atom. The SMILES string of the molecule is O=C1CC(c2cc(S(=O)(=O)CS(=O)(=O)C3CC3)ccc2Cl)=NN1c1ccc(C(F)(F)F)cc1. The van der Waals surface area contributed by atoms with Crippen LogP contribution in [-0.4, -0.2) is 38.8 Å². The van der Waals surface area contributed by atoms with Crippen molar-refractivity contribution in [3.8, 4) is 0 Å². The van der Waals surface area contributed by atoms with Crippen LogP contribution < -0.4 is 5.01 Å². The Balaban J connectivity index is 1.64. The quantitative estimate of drug-likeness (QED) is 0.576. The molecule has 33 heavy (non-hydrogen) atoms. The van der Waals surface area contributed by atoms with Crippen molar-refractivity contribution in [3.05, 3.63) is 58.6 Å². The fourth-order valence-electron chi connectivity index (χ4n) is 3.30. The van der Waals surface area contributed by atoms with Crippen LogP contribution in [0.25, 0.3) is 0 Å². The number of amides is 1. The lowest BCUT2D eigenvalue weighted by Gasteiger charge is -2.13. The Morgan fingerprint density at radius 1 is 1.03 bits per heavy atom. The number of hydrogen-bond donors (Lipinski definition) is 0. The number of carbonyl (C=O) groups excluding carboxylic acids is 1. The smallest absolute Gasteiger partial charge is 0.272 e. The molecule has 2 aromatic carbocycles. The van der Waals surface area contributed by atoms with Crippen molar-refractivity contribution in [3.63, 3.8) is 0 Å². The van der Waals surface area contributed by atoms with Crippen LogP contribution in [0.2, 0.25) is 5.02 Å². The maximum atomic E-state index is 12.8. The van der Waals surface area contributed by atoms with Crippen molar-refractivity contribution in [1.29, 1.82) is 0 Å². The lowest BCUT2D eigenvalue weighted by Crippen LogP contribution is -2.20. The standard InChI is InChI=1S/C20H16ClF3N2O5S2/c21-17-8-7-15(33(30,31)11-32(28,29)14-5-6-14)9-16(17)18-10-19(27)26(25-18)13-3-1-12(2-4-13)20(22,23)24/h1-4,7-9,14H,5-6,10-11H2. The molecule has 1 aliphatic carbocycles. The number of alkyl halides is 3. The summed E-state index contributed by atoms with van der Waals surface area (Å²) in [6.07, 6.45) is -3.94. The Hall–Kier alpha value is -2.44. The first kappa shape index (κ1) is 23.7. The summed E-state index contributed by atoms with van der Waals surface area (Å²) in [5.41, 5.74) is -0.570. The van der Waals surface area contributed by atoms with Gasteiger partial charge in [-0.2, -0.15) is 18.3 Å². The van der Waals surface area contributed by atoms with Gasteiger partial charge in [0.25, 0.3) is 5.91 Å². The van der Waals surface area contributed by atoms with E-state index in [4.69, 9.17) is 11.6 Å². The number of halogens is 4. The third-order valence-corrected chi connectivity index (χ3v) is 10.5. The van der Waals surface area contributed by atoms with Crippen LogP contribution in [0.5, 0.6) is 0 Å². The molecule has 4 rings (SSSR count). The van der Waals surface area contributed by atoms with Gasteiger partial charge in [0, 0.05) is 10.6 Å². The van der Waals surface area contributed by atoms with Crippen LogP contribution in [0.15, 0.2) is 52.5 Å². The lowest BCUT2D eigenvalue weighted by molar-refractivity contribution is -0.137. The van der Waals surface area contributed by atoms with Crippen molar-refractivity contribution < 1.29 is 34.8 Å². The zero-order chi connectivity index (χ0) is 24.2. The molecule has 2 aliphatic rings. The predicted octanol–water partition coefficient (Wildman–Crippen LogP) is 3.81. The first-order valence-corrected chi connectivity index (χ1v) is 13.3. The van der Waals surface area contributed by atoms with Gasteiger partial charge in [-0.1, -0.05) is 11.6 Å². The first-order valence-electron chi connectivity index (χ1n) is 9.60. The molecule has 0 radical (unpaired) electrons. The summed E-state index contributed by atoms with van der Waals surface area (Å²) in [6.45, 7) is 0. The number of carbonyl (C=O) groups is 1. The first-order chi connectivity index (χ1) is 15.3. The van der Waals surface area contributed by atoms with E-state index in [1.165, 1.54) is 12.1 Å². The predicted molar refractivity (Wildman–Crippen MR) is 116 cm³/mol. The molecule has 0 bridgehead atoms. The average Bonchev–Trinajstić information content (AvgIpc) is 3.50. The summed E-state index contributed by atoms with van der Waals surface area (Å²) in [7, 11) is -7.99. The summed E-state index contributed by atoms with van der Waals surface area (Å²) in [6, 6.07) is 7.42. The molecule has 0 unspecified atom stereocenters. The van der Waals surface area contributed by atoms with Crippen molar-refractivity contribution >= 4 is 48.6 Å². The van der Waals surface area contributed by atoms with E-state index in [1.807, 2.05) is 0 Å².